The second-order valence-corrected chi connectivity index (χ2v) is 7.53. The number of anilines is 2. The number of nitrogens with zero attached hydrogens (tertiary/aromatic N) is 1. The van der Waals surface area contributed by atoms with Crippen molar-refractivity contribution in [3.8, 4) is 5.75 Å². The van der Waals surface area contributed by atoms with Crippen molar-refractivity contribution in [3.05, 3.63) is 48.0 Å². The number of carbonyl (C=O) groups excluding carboxylic acids is 2. The highest BCUT2D eigenvalue weighted by Gasteiger charge is 2.23. The Labute approximate surface area is 150 Å². The van der Waals surface area contributed by atoms with Crippen molar-refractivity contribution in [2.45, 2.75) is 4.90 Å². The maximum atomic E-state index is 12.7. The van der Waals surface area contributed by atoms with Gasteiger partial charge in [-0.2, -0.15) is 0 Å². The Kier molecular flexibility index (Phi) is 4.56. The van der Waals surface area contributed by atoms with E-state index in [-0.39, 0.29) is 40.3 Å². The van der Waals surface area contributed by atoms with Gasteiger partial charge in [0, 0.05) is 14.1 Å². The van der Waals surface area contributed by atoms with E-state index in [9.17, 15) is 18.0 Å². The van der Waals surface area contributed by atoms with Crippen molar-refractivity contribution < 1.29 is 22.7 Å². The summed E-state index contributed by atoms with van der Waals surface area (Å²) < 4.78 is 33.1. The number of fused-ring (bicyclic) bond motifs is 1. The molecular weight excluding hydrogens is 358 g/mol. The first-order valence-corrected chi connectivity index (χ1v) is 9.16. The van der Waals surface area contributed by atoms with Gasteiger partial charge in [0.2, 0.25) is 0 Å². The fraction of sp³-hybridized carbons (Fsp3) is 0.176. The first-order chi connectivity index (χ1) is 12.3. The van der Waals surface area contributed by atoms with Gasteiger partial charge in [0.1, 0.15) is 5.75 Å². The van der Waals surface area contributed by atoms with E-state index in [0.29, 0.717) is 5.75 Å². The van der Waals surface area contributed by atoms with Crippen molar-refractivity contribution in [1.29, 1.82) is 0 Å². The van der Waals surface area contributed by atoms with Crippen LogP contribution in [0.3, 0.4) is 0 Å². The fourth-order valence-electron chi connectivity index (χ4n) is 2.43. The third-order valence-electron chi connectivity index (χ3n) is 3.70. The first-order valence-electron chi connectivity index (χ1n) is 7.68. The Hall–Kier alpha value is -3.07. The normalized spacial score (nSPS) is 13.2. The van der Waals surface area contributed by atoms with E-state index in [1.54, 1.807) is 32.3 Å². The largest absolute Gasteiger partial charge is 0.482 e. The van der Waals surface area contributed by atoms with Gasteiger partial charge in [-0.25, -0.2) is 8.42 Å². The molecule has 0 aromatic heterocycles. The van der Waals surface area contributed by atoms with E-state index in [1.165, 1.54) is 29.2 Å². The van der Waals surface area contributed by atoms with Gasteiger partial charge >= 0.3 is 0 Å². The quantitative estimate of drug-likeness (QED) is 0.843. The molecule has 1 heterocycles. The number of rotatable bonds is 4. The van der Waals surface area contributed by atoms with Gasteiger partial charge < -0.3 is 15.0 Å². The summed E-state index contributed by atoms with van der Waals surface area (Å²) in [7, 11) is -0.807. The molecule has 0 bridgehead atoms. The van der Waals surface area contributed by atoms with Crippen molar-refractivity contribution in [3.63, 3.8) is 0 Å². The zero-order valence-electron chi connectivity index (χ0n) is 14.1. The van der Waals surface area contributed by atoms with Crippen LogP contribution in [0.15, 0.2) is 47.4 Å². The Morgan fingerprint density at radius 3 is 2.65 bits per heavy atom. The Morgan fingerprint density at radius 2 is 1.92 bits per heavy atom. The maximum absolute atomic E-state index is 12.7. The van der Waals surface area contributed by atoms with Crippen LogP contribution in [0.5, 0.6) is 5.75 Å². The van der Waals surface area contributed by atoms with Crippen LogP contribution in [-0.4, -0.2) is 45.8 Å². The number of sulfonamides is 1. The average molecular weight is 375 g/mol. The molecule has 0 aliphatic carbocycles. The number of nitrogens with one attached hydrogen (secondary N) is 2. The molecule has 3 rings (SSSR count). The first kappa shape index (κ1) is 17.7. The molecule has 0 saturated carbocycles. The van der Waals surface area contributed by atoms with E-state index in [2.05, 4.69) is 10.0 Å². The molecule has 26 heavy (non-hydrogen) atoms. The number of hydrogen-bond acceptors (Lipinski definition) is 5. The van der Waals surface area contributed by atoms with Crippen LogP contribution in [0.1, 0.15) is 10.4 Å². The predicted octanol–water partition coefficient (Wildman–Crippen LogP) is 1.52. The molecule has 1 aliphatic heterocycles. The van der Waals surface area contributed by atoms with Crippen LogP contribution in [0, 0.1) is 0 Å². The average Bonchev–Trinajstić information content (AvgIpc) is 2.60. The second-order valence-electron chi connectivity index (χ2n) is 5.85. The van der Waals surface area contributed by atoms with Crippen molar-refractivity contribution in [2.24, 2.45) is 0 Å². The van der Waals surface area contributed by atoms with E-state index in [1.807, 2.05) is 0 Å². The van der Waals surface area contributed by atoms with E-state index < -0.39 is 10.0 Å². The molecule has 2 aromatic rings. The summed E-state index contributed by atoms with van der Waals surface area (Å²) in [4.78, 5) is 25.0. The van der Waals surface area contributed by atoms with Crippen LogP contribution in [0.4, 0.5) is 11.4 Å². The molecule has 0 unspecified atom stereocenters. The van der Waals surface area contributed by atoms with Gasteiger partial charge in [-0.15, -0.1) is 0 Å². The van der Waals surface area contributed by atoms with Crippen LogP contribution in [-0.2, 0) is 14.8 Å². The standard InChI is InChI=1S/C17H17N3O5S/c1-20(2)17(22)12-5-3-4-6-13(12)19-26(23,24)11-7-8-15-14(9-11)18-16(21)10-25-15/h3-9,19H,10H2,1-2H3,(H,18,21). The van der Waals surface area contributed by atoms with Crippen LogP contribution >= 0.6 is 0 Å². The SMILES string of the molecule is CN(C)C(=O)c1ccccc1NS(=O)(=O)c1ccc2c(c1)NC(=O)CO2. The molecule has 2 amide bonds. The van der Waals surface area contributed by atoms with Gasteiger partial charge in [-0.3, -0.25) is 14.3 Å². The second kappa shape index (κ2) is 6.68. The summed E-state index contributed by atoms with van der Waals surface area (Å²) in [5.41, 5.74) is 0.682. The monoisotopic (exact) mass is 375 g/mol. The lowest BCUT2D eigenvalue weighted by molar-refractivity contribution is -0.118. The minimum absolute atomic E-state index is 0.0610. The Morgan fingerprint density at radius 1 is 1.19 bits per heavy atom. The number of carbonyl (C=O) groups is 2. The number of amides is 2. The van der Waals surface area contributed by atoms with Crippen LogP contribution in [0.2, 0.25) is 0 Å². The molecule has 2 aromatic carbocycles. The third kappa shape index (κ3) is 3.47. The molecule has 2 N–H and O–H groups in total. The summed E-state index contributed by atoms with van der Waals surface area (Å²) in [6.07, 6.45) is 0. The maximum Gasteiger partial charge on any atom is 0.262 e. The predicted molar refractivity (Wildman–Crippen MR) is 95.8 cm³/mol. The Bertz CT molecular complexity index is 986. The fourth-order valence-corrected chi connectivity index (χ4v) is 3.54. The Balaban J connectivity index is 1.95. The lowest BCUT2D eigenvalue weighted by Gasteiger charge is -2.19. The summed E-state index contributed by atoms with van der Waals surface area (Å²) in [6.45, 7) is -0.114. The van der Waals surface area contributed by atoms with Crippen molar-refractivity contribution in [2.75, 3.05) is 30.7 Å². The summed E-state index contributed by atoms with van der Waals surface area (Å²) in [6, 6.07) is 10.5. The van der Waals surface area contributed by atoms with E-state index in [4.69, 9.17) is 4.74 Å². The molecule has 8 nitrogen and oxygen atoms in total. The lowest BCUT2D eigenvalue weighted by Crippen LogP contribution is -2.26. The van der Waals surface area contributed by atoms with Crippen LogP contribution in [0.25, 0.3) is 0 Å². The van der Waals surface area contributed by atoms with Gasteiger partial charge in [-0.1, -0.05) is 12.1 Å². The minimum Gasteiger partial charge on any atom is -0.482 e. The van der Waals surface area contributed by atoms with Gasteiger partial charge in [0.15, 0.2) is 6.61 Å². The smallest absolute Gasteiger partial charge is 0.262 e. The number of para-hydroxylation sites is 1. The van der Waals surface area contributed by atoms with Gasteiger partial charge in [0.05, 0.1) is 21.8 Å². The summed E-state index contributed by atoms with van der Waals surface area (Å²) in [5.74, 6) is -0.289. The highest BCUT2D eigenvalue weighted by Crippen LogP contribution is 2.31. The molecule has 0 saturated heterocycles. The zero-order chi connectivity index (χ0) is 18.9. The number of ether oxygens (including phenoxy) is 1. The molecule has 1 aliphatic rings. The highest BCUT2D eigenvalue weighted by molar-refractivity contribution is 7.92. The van der Waals surface area contributed by atoms with Gasteiger partial charge in [-0.05, 0) is 30.3 Å². The van der Waals surface area contributed by atoms with Gasteiger partial charge in [0.25, 0.3) is 21.8 Å². The summed E-state index contributed by atoms with van der Waals surface area (Å²) >= 11 is 0. The molecule has 0 fully saturated rings. The topological polar surface area (TPSA) is 105 Å². The van der Waals surface area contributed by atoms with E-state index in [0.717, 1.165) is 0 Å². The third-order valence-corrected chi connectivity index (χ3v) is 5.07. The van der Waals surface area contributed by atoms with Crippen molar-refractivity contribution in [1.82, 2.24) is 4.90 Å². The van der Waals surface area contributed by atoms with Crippen molar-refractivity contribution >= 4 is 33.2 Å². The number of benzene rings is 2. The molecule has 9 heteroatoms. The molecular formula is C17H17N3O5S. The number of hydrogen-bond donors (Lipinski definition) is 2. The zero-order valence-corrected chi connectivity index (χ0v) is 15.0. The molecule has 0 spiro atoms. The van der Waals surface area contributed by atoms with Crippen LogP contribution < -0.4 is 14.8 Å². The lowest BCUT2D eigenvalue weighted by atomic mass is 10.1. The molecule has 0 radical (unpaired) electrons. The summed E-state index contributed by atoms with van der Waals surface area (Å²) in [5, 5.41) is 2.56. The highest BCUT2D eigenvalue weighted by atomic mass is 32.2. The molecule has 136 valence electrons. The van der Waals surface area contributed by atoms with E-state index >= 15 is 0 Å². The molecule has 0 atom stereocenters. The minimum atomic E-state index is -3.97.